The molecule has 5 heteroatoms. The minimum atomic E-state index is -0.457. The summed E-state index contributed by atoms with van der Waals surface area (Å²) in [6.45, 7) is 0. The molecule has 2 nitrogen and oxygen atoms in total. The molecule has 11 heavy (non-hydrogen) atoms. The Labute approximate surface area is 78.9 Å². The number of hydrogen-bond acceptors (Lipinski definition) is 3. The maximum atomic E-state index is 8.59. The molecule has 0 aromatic rings. The molecule has 2 fully saturated rings. The van der Waals surface area contributed by atoms with Gasteiger partial charge in [0, 0.05) is 6.42 Å². The number of oxime groups is 1. The number of thioether (sulfide) groups is 1. The van der Waals surface area contributed by atoms with Crippen molar-refractivity contribution < 1.29 is 5.21 Å². The topological polar surface area (TPSA) is 32.6 Å². The Bertz CT molecular complexity index is 235. The van der Waals surface area contributed by atoms with Gasteiger partial charge in [-0.2, -0.15) is 0 Å². The molecule has 1 N–H and O–H groups in total. The van der Waals surface area contributed by atoms with Crippen molar-refractivity contribution in [2.75, 3.05) is 0 Å². The SMILES string of the molecule is O/N=C1/SC2(Cl)CCC1(Cl)C2. The zero-order valence-corrected chi connectivity index (χ0v) is 8.01. The number of alkyl halides is 2. The lowest BCUT2D eigenvalue weighted by molar-refractivity contribution is 0.318. The molecule has 2 atom stereocenters. The van der Waals surface area contributed by atoms with E-state index in [9.17, 15) is 0 Å². The average Bonchev–Trinajstić information content (AvgIpc) is 2.36. The predicted molar refractivity (Wildman–Crippen MR) is 47.8 cm³/mol. The molecule has 0 amide bonds. The largest absolute Gasteiger partial charge is 0.410 e. The third kappa shape index (κ3) is 1.05. The second-order valence-electron chi connectivity index (χ2n) is 3.03. The smallest absolute Gasteiger partial charge is 0.135 e. The molecule has 0 aromatic heterocycles. The highest BCUT2D eigenvalue weighted by atomic mass is 35.5. The van der Waals surface area contributed by atoms with E-state index >= 15 is 0 Å². The summed E-state index contributed by atoms with van der Waals surface area (Å²) in [5, 5.41) is 12.3. The van der Waals surface area contributed by atoms with Gasteiger partial charge in [-0.15, -0.1) is 23.2 Å². The van der Waals surface area contributed by atoms with Gasteiger partial charge in [0.2, 0.25) is 0 Å². The molecule has 1 saturated heterocycles. The molecule has 0 radical (unpaired) electrons. The highest BCUT2D eigenvalue weighted by molar-refractivity contribution is 8.17. The Morgan fingerprint density at radius 2 is 2.18 bits per heavy atom. The molecular formula is C6H7Cl2NOS. The first-order valence-electron chi connectivity index (χ1n) is 3.37. The molecule has 2 unspecified atom stereocenters. The standard InChI is InChI=1S/C6H7Cl2NOS/c7-5-1-2-6(8,3-5)11-4(5)9-10/h10H,1-3H2/b9-4+. The van der Waals surface area contributed by atoms with Crippen LogP contribution >= 0.6 is 35.0 Å². The summed E-state index contributed by atoms with van der Waals surface area (Å²) in [5.41, 5.74) is 0. The van der Waals surface area contributed by atoms with Gasteiger partial charge in [0.25, 0.3) is 0 Å². The van der Waals surface area contributed by atoms with E-state index in [0.29, 0.717) is 11.5 Å². The van der Waals surface area contributed by atoms with Crippen LogP contribution in [-0.4, -0.2) is 19.3 Å². The van der Waals surface area contributed by atoms with Gasteiger partial charge in [-0.05, 0) is 12.8 Å². The van der Waals surface area contributed by atoms with Crippen LogP contribution in [0.4, 0.5) is 0 Å². The fourth-order valence-electron chi connectivity index (χ4n) is 1.62. The van der Waals surface area contributed by atoms with Crippen LogP contribution in [0, 0.1) is 0 Å². The Kier molecular flexibility index (Phi) is 1.61. The number of rotatable bonds is 0. The van der Waals surface area contributed by atoms with Gasteiger partial charge in [0.05, 0.1) is 9.08 Å². The Hall–Kier alpha value is 0.400. The molecule has 1 heterocycles. The first kappa shape index (κ1) is 8.02. The third-order valence-electron chi connectivity index (χ3n) is 2.19. The molecule has 0 aromatic carbocycles. The van der Waals surface area contributed by atoms with E-state index in [4.69, 9.17) is 28.4 Å². The summed E-state index contributed by atoms with van der Waals surface area (Å²) >= 11 is 13.7. The normalized spacial score (nSPS) is 52.4. The third-order valence-corrected chi connectivity index (χ3v) is 4.74. The molecule has 1 aliphatic heterocycles. The molecule has 2 bridgehead atoms. The zero-order valence-electron chi connectivity index (χ0n) is 5.68. The van der Waals surface area contributed by atoms with Crippen LogP contribution in [-0.2, 0) is 0 Å². The van der Waals surface area contributed by atoms with Crippen LogP contribution in [0.1, 0.15) is 19.3 Å². The number of halogens is 2. The summed E-state index contributed by atoms with van der Waals surface area (Å²) in [4.78, 5) is -0.457. The molecule has 62 valence electrons. The summed E-state index contributed by atoms with van der Waals surface area (Å²) in [7, 11) is 0. The van der Waals surface area contributed by atoms with Crippen molar-refractivity contribution in [1.29, 1.82) is 0 Å². The average molecular weight is 212 g/mol. The summed E-state index contributed by atoms with van der Waals surface area (Å²) in [5.74, 6) is 0. The zero-order chi connectivity index (χ0) is 8.11. The summed E-state index contributed by atoms with van der Waals surface area (Å²) < 4.78 is -0.288. The van der Waals surface area contributed by atoms with Gasteiger partial charge in [-0.1, -0.05) is 16.9 Å². The molecule has 1 saturated carbocycles. The summed E-state index contributed by atoms with van der Waals surface area (Å²) in [6.07, 6.45) is 2.44. The lowest BCUT2D eigenvalue weighted by atomic mass is 10.1. The van der Waals surface area contributed by atoms with Crippen molar-refractivity contribution in [2.24, 2.45) is 5.16 Å². The van der Waals surface area contributed by atoms with Crippen LogP contribution in [0.3, 0.4) is 0 Å². The second kappa shape index (κ2) is 2.21. The van der Waals surface area contributed by atoms with Gasteiger partial charge in [0.1, 0.15) is 5.04 Å². The van der Waals surface area contributed by atoms with Crippen molar-refractivity contribution in [3.05, 3.63) is 0 Å². The van der Waals surface area contributed by atoms with Gasteiger partial charge in [-0.25, -0.2) is 0 Å². The lowest BCUT2D eigenvalue weighted by Gasteiger charge is -2.19. The van der Waals surface area contributed by atoms with E-state index in [1.54, 1.807) is 0 Å². The monoisotopic (exact) mass is 211 g/mol. The molecule has 0 spiro atoms. The molecule has 2 aliphatic rings. The molecule has 2 rings (SSSR count). The fourth-order valence-corrected chi connectivity index (χ4v) is 4.06. The van der Waals surface area contributed by atoms with E-state index in [2.05, 4.69) is 5.16 Å². The summed E-state index contributed by atoms with van der Waals surface area (Å²) in [6, 6.07) is 0. The first-order chi connectivity index (χ1) is 5.08. The Morgan fingerprint density at radius 1 is 1.45 bits per heavy atom. The number of hydrogen-bond donors (Lipinski definition) is 1. The predicted octanol–water partition coefficient (Wildman–Crippen LogP) is 2.62. The Morgan fingerprint density at radius 3 is 2.45 bits per heavy atom. The second-order valence-corrected chi connectivity index (χ2v) is 6.08. The quantitative estimate of drug-likeness (QED) is 0.380. The van der Waals surface area contributed by atoms with Crippen LogP contribution in [0.25, 0.3) is 0 Å². The highest BCUT2D eigenvalue weighted by Crippen LogP contribution is 2.61. The maximum Gasteiger partial charge on any atom is 0.135 e. The van der Waals surface area contributed by atoms with Crippen molar-refractivity contribution in [3.63, 3.8) is 0 Å². The van der Waals surface area contributed by atoms with E-state index in [1.165, 1.54) is 11.8 Å². The maximum absolute atomic E-state index is 8.59. The lowest BCUT2D eigenvalue weighted by Crippen LogP contribution is -2.23. The van der Waals surface area contributed by atoms with E-state index in [0.717, 1.165) is 12.8 Å². The Balaban J connectivity index is 2.36. The van der Waals surface area contributed by atoms with Crippen LogP contribution in [0.5, 0.6) is 0 Å². The van der Waals surface area contributed by atoms with Gasteiger partial charge in [0.15, 0.2) is 0 Å². The molecular weight excluding hydrogens is 205 g/mol. The minimum Gasteiger partial charge on any atom is -0.410 e. The van der Waals surface area contributed by atoms with E-state index in [1.807, 2.05) is 0 Å². The van der Waals surface area contributed by atoms with Crippen molar-refractivity contribution in [1.82, 2.24) is 0 Å². The van der Waals surface area contributed by atoms with Crippen LogP contribution in [0.2, 0.25) is 0 Å². The van der Waals surface area contributed by atoms with Gasteiger partial charge in [-0.3, -0.25) is 0 Å². The van der Waals surface area contributed by atoms with Crippen LogP contribution < -0.4 is 0 Å². The number of nitrogens with zero attached hydrogens (tertiary/aromatic N) is 1. The van der Waals surface area contributed by atoms with Crippen LogP contribution in [0.15, 0.2) is 5.16 Å². The number of fused-ring (bicyclic) bond motifs is 2. The van der Waals surface area contributed by atoms with Crippen molar-refractivity contribution in [2.45, 2.75) is 28.3 Å². The molecule has 1 aliphatic carbocycles. The van der Waals surface area contributed by atoms with Crippen molar-refractivity contribution >= 4 is 40.0 Å². The fraction of sp³-hybridized carbons (Fsp3) is 0.833. The first-order valence-corrected chi connectivity index (χ1v) is 4.95. The highest BCUT2D eigenvalue weighted by Gasteiger charge is 2.58. The van der Waals surface area contributed by atoms with E-state index < -0.39 is 4.87 Å². The van der Waals surface area contributed by atoms with Gasteiger partial charge >= 0.3 is 0 Å². The minimum absolute atomic E-state index is 0.288. The van der Waals surface area contributed by atoms with E-state index in [-0.39, 0.29) is 4.21 Å². The van der Waals surface area contributed by atoms with Crippen molar-refractivity contribution in [3.8, 4) is 0 Å². The van der Waals surface area contributed by atoms with Gasteiger partial charge < -0.3 is 5.21 Å².